The van der Waals surface area contributed by atoms with Crippen molar-refractivity contribution in [2.24, 2.45) is 5.92 Å². The first kappa shape index (κ1) is 19.9. The van der Waals surface area contributed by atoms with Crippen molar-refractivity contribution in [3.63, 3.8) is 0 Å². The summed E-state index contributed by atoms with van der Waals surface area (Å²) in [6.45, 7) is 0. The Morgan fingerprint density at radius 3 is 2.00 bits per heavy atom. The van der Waals surface area contributed by atoms with E-state index in [2.05, 4.69) is 9.47 Å². The second-order valence-corrected chi connectivity index (χ2v) is 5.08. The van der Waals surface area contributed by atoms with Crippen LogP contribution >= 0.6 is 0 Å². The van der Waals surface area contributed by atoms with Crippen molar-refractivity contribution >= 4 is 29.2 Å². The molecule has 0 fully saturated rings. The maximum atomic E-state index is 12.0. The maximum absolute atomic E-state index is 12.0. The van der Waals surface area contributed by atoms with Crippen LogP contribution in [-0.2, 0) is 23.9 Å². The normalized spacial score (nSPS) is 10.2. The van der Waals surface area contributed by atoms with E-state index in [-0.39, 0.29) is 24.1 Å². The highest BCUT2D eigenvalue weighted by Crippen LogP contribution is 2.15. The third-order valence-electron chi connectivity index (χ3n) is 3.44. The molecule has 0 aliphatic rings. The molecule has 1 aromatic carbocycles. The Kier molecular flexibility index (Phi) is 7.39. The lowest BCUT2D eigenvalue weighted by Crippen LogP contribution is -2.27. The van der Waals surface area contributed by atoms with Gasteiger partial charge >= 0.3 is 11.9 Å². The Morgan fingerprint density at radius 2 is 1.56 bits per heavy atom. The predicted octanol–water partition coefficient (Wildman–Crippen LogP) is 1.48. The van der Waals surface area contributed by atoms with Crippen LogP contribution in [0.2, 0.25) is 0 Å². The van der Waals surface area contributed by atoms with E-state index < -0.39 is 40.8 Å². The van der Waals surface area contributed by atoms with Gasteiger partial charge in [-0.1, -0.05) is 0 Å². The topological polar surface area (TPSA) is 130 Å². The zero-order valence-corrected chi connectivity index (χ0v) is 13.7. The Bertz CT molecular complexity index is 664. The number of methoxy groups -OCH3 is 2. The van der Waals surface area contributed by atoms with E-state index in [9.17, 15) is 29.3 Å². The quantitative estimate of drug-likeness (QED) is 0.215. The SMILES string of the molecule is COC(=O)C(CCC(=O)CC(=O)c1ccc([N+](=O)[O-])cc1)C(=O)OC. The fourth-order valence-corrected chi connectivity index (χ4v) is 2.06. The number of hydrogen-bond donors (Lipinski definition) is 0. The fraction of sp³-hybridized carbons (Fsp3) is 0.375. The molecule has 134 valence electrons. The Morgan fingerprint density at radius 1 is 1.04 bits per heavy atom. The van der Waals surface area contributed by atoms with Gasteiger partial charge in [0.1, 0.15) is 5.78 Å². The number of carbonyl (C=O) groups is 4. The number of hydrogen-bond acceptors (Lipinski definition) is 8. The number of non-ortho nitro benzene ring substituents is 1. The number of ether oxygens (including phenoxy) is 2. The smallest absolute Gasteiger partial charge is 0.320 e. The molecule has 9 nitrogen and oxygen atoms in total. The lowest BCUT2D eigenvalue weighted by atomic mass is 9.98. The van der Waals surface area contributed by atoms with Gasteiger partial charge in [-0.05, 0) is 18.6 Å². The Balaban J connectivity index is 2.63. The Labute approximate surface area is 143 Å². The minimum atomic E-state index is -1.23. The first-order valence-electron chi connectivity index (χ1n) is 7.25. The first-order valence-corrected chi connectivity index (χ1v) is 7.25. The highest BCUT2D eigenvalue weighted by molar-refractivity contribution is 6.08. The summed E-state index contributed by atoms with van der Waals surface area (Å²) in [5.41, 5.74) is -0.00156. The van der Waals surface area contributed by atoms with Crippen molar-refractivity contribution in [3.05, 3.63) is 39.9 Å². The van der Waals surface area contributed by atoms with E-state index in [0.29, 0.717) is 0 Å². The molecule has 0 amide bonds. The third-order valence-corrected chi connectivity index (χ3v) is 3.44. The standard InChI is InChI=1S/C16H17NO8/c1-24-15(20)13(16(21)25-2)8-7-12(18)9-14(19)10-3-5-11(6-4-10)17(22)23/h3-6,13H,7-9H2,1-2H3. The largest absolute Gasteiger partial charge is 0.468 e. The van der Waals surface area contributed by atoms with Gasteiger partial charge in [-0.2, -0.15) is 0 Å². The van der Waals surface area contributed by atoms with E-state index in [0.717, 1.165) is 14.2 Å². The summed E-state index contributed by atoms with van der Waals surface area (Å²) < 4.78 is 8.95. The molecule has 25 heavy (non-hydrogen) atoms. The van der Waals surface area contributed by atoms with E-state index in [1.165, 1.54) is 24.3 Å². The van der Waals surface area contributed by atoms with Crippen LogP contribution in [0.25, 0.3) is 0 Å². The number of esters is 2. The monoisotopic (exact) mass is 351 g/mol. The maximum Gasteiger partial charge on any atom is 0.320 e. The van der Waals surface area contributed by atoms with Crippen LogP contribution in [0.4, 0.5) is 5.69 Å². The molecule has 0 atom stereocenters. The summed E-state index contributed by atoms with van der Waals surface area (Å²) in [4.78, 5) is 56.8. The third kappa shape index (κ3) is 5.79. The van der Waals surface area contributed by atoms with Gasteiger partial charge in [0.25, 0.3) is 5.69 Å². The molecular formula is C16H17NO8. The molecule has 1 rings (SSSR count). The number of nitro groups is 1. The van der Waals surface area contributed by atoms with Crippen molar-refractivity contribution in [2.45, 2.75) is 19.3 Å². The van der Waals surface area contributed by atoms with Crippen LogP contribution in [0.15, 0.2) is 24.3 Å². The summed E-state index contributed by atoms with van der Waals surface area (Å²) in [6, 6.07) is 4.86. The summed E-state index contributed by atoms with van der Waals surface area (Å²) >= 11 is 0. The van der Waals surface area contributed by atoms with Crippen molar-refractivity contribution in [2.75, 3.05) is 14.2 Å². The van der Waals surface area contributed by atoms with Crippen molar-refractivity contribution in [1.29, 1.82) is 0 Å². The van der Waals surface area contributed by atoms with Crippen LogP contribution in [0.1, 0.15) is 29.6 Å². The number of nitrogens with zero attached hydrogens (tertiary/aromatic N) is 1. The van der Waals surface area contributed by atoms with Crippen LogP contribution in [0.3, 0.4) is 0 Å². The van der Waals surface area contributed by atoms with E-state index >= 15 is 0 Å². The van der Waals surface area contributed by atoms with Crippen LogP contribution in [0.5, 0.6) is 0 Å². The van der Waals surface area contributed by atoms with Gasteiger partial charge in [0.05, 0.1) is 25.6 Å². The average molecular weight is 351 g/mol. The van der Waals surface area contributed by atoms with E-state index in [1.807, 2.05) is 0 Å². The van der Waals surface area contributed by atoms with Gasteiger partial charge in [0.2, 0.25) is 0 Å². The van der Waals surface area contributed by atoms with E-state index in [4.69, 9.17) is 0 Å². The molecule has 0 radical (unpaired) electrons. The molecule has 0 aliphatic heterocycles. The Hall–Kier alpha value is -3.10. The minimum Gasteiger partial charge on any atom is -0.468 e. The number of benzene rings is 1. The molecular weight excluding hydrogens is 334 g/mol. The summed E-state index contributed by atoms with van der Waals surface area (Å²) in [6.07, 6.45) is -0.758. The molecule has 0 spiro atoms. The van der Waals surface area contributed by atoms with Crippen LogP contribution in [-0.4, -0.2) is 42.6 Å². The lowest BCUT2D eigenvalue weighted by Gasteiger charge is -2.11. The molecule has 0 heterocycles. The average Bonchev–Trinajstić information content (AvgIpc) is 2.61. The molecule has 0 saturated carbocycles. The first-order chi connectivity index (χ1) is 11.8. The highest BCUT2D eigenvalue weighted by atomic mass is 16.6. The van der Waals surface area contributed by atoms with Gasteiger partial charge < -0.3 is 9.47 Å². The van der Waals surface area contributed by atoms with Gasteiger partial charge in [-0.15, -0.1) is 0 Å². The lowest BCUT2D eigenvalue weighted by molar-refractivity contribution is -0.384. The predicted molar refractivity (Wildman–Crippen MR) is 83.8 cm³/mol. The zero-order valence-electron chi connectivity index (χ0n) is 13.7. The molecule has 0 aromatic heterocycles. The molecule has 0 aliphatic carbocycles. The number of nitro benzene ring substituents is 1. The summed E-state index contributed by atoms with van der Waals surface area (Å²) in [7, 11) is 2.22. The molecule has 0 unspecified atom stereocenters. The summed E-state index contributed by atoms with van der Waals surface area (Å²) in [5, 5.41) is 10.6. The van der Waals surface area contributed by atoms with Crippen molar-refractivity contribution in [3.8, 4) is 0 Å². The van der Waals surface area contributed by atoms with Crippen LogP contribution < -0.4 is 0 Å². The fourth-order valence-electron chi connectivity index (χ4n) is 2.06. The molecule has 0 bridgehead atoms. The van der Waals surface area contributed by atoms with Gasteiger partial charge in [-0.25, -0.2) is 0 Å². The zero-order chi connectivity index (χ0) is 19.0. The van der Waals surface area contributed by atoms with Gasteiger partial charge in [0.15, 0.2) is 11.7 Å². The van der Waals surface area contributed by atoms with Gasteiger partial charge in [-0.3, -0.25) is 29.3 Å². The second-order valence-electron chi connectivity index (χ2n) is 5.08. The minimum absolute atomic E-state index is 0.133. The number of ketones is 2. The molecule has 1 aromatic rings. The van der Waals surface area contributed by atoms with Gasteiger partial charge in [0, 0.05) is 24.1 Å². The summed E-state index contributed by atoms with van der Waals surface area (Å²) in [5.74, 6) is -3.84. The number of Topliss-reactive ketones (excluding diaryl/α,β-unsaturated/α-hetero) is 2. The van der Waals surface area contributed by atoms with Crippen molar-refractivity contribution in [1.82, 2.24) is 0 Å². The molecule has 0 saturated heterocycles. The van der Waals surface area contributed by atoms with Crippen LogP contribution in [0, 0.1) is 16.0 Å². The number of carbonyl (C=O) groups excluding carboxylic acids is 4. The second kappa shape index (κ2) is 9.26. The van der Waals surface area contributed by atoms with Crippen molar-refractivity contribution < 1.29 is 33.6 Å². The van der Waals surface area contributed by atoms with E-state index in [1.54, 1.807) is 0 Å². The highest BCUT2D eigenvalue weighted by Gasteiger charge is 2.29. The molecule has 0 N–H and O–H groups in total. The molecule has 9 heteroatoms. The number of rotatable bonds is 9.